The first kappa shape index (κ1) is 33.1. The van der Waals surface area contributed by atoms with E-state index in [4.69, 9.17) is 17.0 Å². The third kappa shape index (κ3) is 6.79. The number of aromatic nitrogens is 1. The molecule has 38 heavy (non-hydrogen) atoms. The van der Waals surface area contributed by atoms with E-state index in [1.807, 2.05) is 25.1 Å². The number of carbonyl (C=O) groups is 3. The fourth-order valence-electron chi connectivity index (χ4n) is 3.57. The van der Waals surface area contributed by atoms with Crippen molar-refractivity contribution in [1.82, 2.24) is 9.47 Å². The molecule has 0 unspecified atom stereocenters. The third-order valence-electron chi connectivity index (χ3n) is 5.16. The molecule has 3 heterocycles. The molecule has 1 fully saturated rings. The Kier molecular flexibility index (Phi) is 12.2. The third-order valence-corrected chi connectivity index (χ3v) is 9.00. The van der Waals surface area contributed by atoms with Gasteiger partial charge in [0, 0.05) is 17.5 Å². The number of methoxy groups -OCH3 is 1. The van der Waals surface area contributed by atoms with Gasteiger partial charge in [-0.05, 0) is 31.2 Å². The predicted octanol–water partition coefficient (Wildman–Crippen LogP) is -7.35. The zero-order chi connectivity index (χ0) is 26.1. The number of thioether (sulfide) groups is 2. The van der Waals surface area contributed by atoms with Crippen LogP contribution in [0.25, 0.3) is 11.0 Å². The van der Waals surface area contributed by atoms with Crippen molar-refractivity contribution in [2.24, 2.45) is 0 Å². The maximum atomic E-state index is 13.1. The number of thiazole rings is 1. The molecule has 0 aliphatic carbocycles. The van der Waals surface area contributed by atoms with Crippen LogP contribution in [-0.4, -0.2) is 51.8 Å². The van der Waals surface area contributed by atoms with E-state index in [1.165, 1.54) is 11.8 Å². The van der Waals surface area contributed by atoms with Crippen molar-refractivity contribution >= 4 is 85.9 Å². The number of carboxylic acid groups (broad SMARTS) is 2. The molecule has 0 atom stereocenters. The van der Waals surface area contributed by atoms with Crippen LogP contribution in [0.5, 0.6) is 5.75 Å². The van der Waals surface area contributed by atoms with Gasteiger partial charge in [-0.25, -0.2) is 0 Å². The smallest absolute Gasteiger partial charge is 0.548 e. The monoisotopic (exact) mass is 609 g/mol. The van der Waals surface area contributed by atoms with E-state index in [2.05, 4.69) is 4.90 Å². The number of thiocarbonyl (C=S) groups is 1. The van der Waals surface area contributed by atoms with E-state index in [0.29, 0.717) is 12.3 Å². The van der Waals surface area contributed by atoms with E-state index in [0.717, 1.165) is 48.2 Å². The Bertz CT molecular complexity index is 1520. The van der Waals surface area contributed by atoms with Gasteiger partial charge in [0.05, 0.1) is 47.4 Å². The number of ether oxygens (including phenoxy) is 1. The quantitative estimate of drug-likeness (QED) is 0.219. The molecule has 2 aliphatic rings. The molecule has 16 heteroatoms. The molecule has 1 amide bonds. The average Bonchev–Trinajstić information content (AvgIpc) is 3.43. The number of allylic oxidation sites excluding steroid dienone is 1. The van der Waals surface area contributed by atoms with Gasteiger partial charge in [0.25, 0.3) is 11.5 Å². The summed E-state index contributed by atoms with van der Waals surface area (Å²) in [5.41, 5.74) is 0.346. The molecule has 0 N–H and O–H groups in total. The number of amides is 1. The van der Waals surface area contributed by atoms with Crippen molar-refractivity contribution in [3.05, 3.63) is 48.9 Å². The van der Waals surface area contributed by atoms with Gasteiger partial charge < -0.3 is 29.4 Å². The molecule has 188 valence electrons. The van der Waals surface area contributed by atoms with Crippen LogP contribution in [0.4, 0.5) is 5.69 Å². The summed E-state index contributed by atoms with van der Waals surface area (Å²) in [6.07, 6.45) is 3.32. The second-order valence-electron chi connectivity index (χ2n) is 7.35. The Morgan fingerprint density at radius 2 is 1.74 bits per heavy atom. The van der Waals surface area contributed by atoms with Crippen LogP contribution in [0.3, 0.4) is 0 Å². The van der Waals surface area contributed by atoms with Gasteiger partial charge in [-0.1, -0.05) is 35.7 Å². The molecular formula is C22H17N3Na2O7S4. The number of aliphatic carboxylic acids is 2. The van der Waals surface area contributed by atoms with Gasteiger partial charge in [0.1, 0.15) is 19.6 Å². The standard InChI is InChI=1S/C22H19N3O7S4.2Na/c1-3-23-12-8-11(32-2)4-5-13(12)34-15(23)7-6-14-19(30)24(9-16(26)27)21(35-14)18-20(31)25(10-17(28)29)22(33)36-18;;/h4-8H,3,9-10H2,1-2H3,(H,26,27)(H,28,29);;/q;2*+1/p-2/b14-6?,15-7?,21-18-;;. The zero-order valence-corrected chi connectivity index (χ0v) is 28.1. The van der Waals surface area contributed by atoms with Crippen LogP contribution >= 0.6 is 47.1 Å². The summed E-state index contributed by atoms with van der Waals surface area (Å²) in [6.45, 7) is 1.12. The Labute approximate surface area is 279 Å². The van der Waals surface area contributed by atoms with Crippen LogP contribution in [0.1, 0.15) is 6.92 Å². The SMILES string of the molecule is CCN1C(=CC=c2s/c(=C3\SC(=S)N(CC(=O)[O-])C3=O)n(CC(=O)[O-])c2=O)Sc2ccc(OC)cc21.[Na+].[Na+]. The van der Waals surface area contributed by atoms with Crippen molar-refractivity contribution in [1.29, 1.82) is 0 Å². The van der Waals surface area contributed by atoms with Gasteiger partial charge >= 0.3 is 59.1 Å². The Balaban J connectivity index is 0.00000253. The predicted molar refractivity (Wildman–Crippen MR) is 138 cm³/mol. The summed E-state index contributed by atoms with van der Waals surface area (Å²) in [5, 5.41) is 23.2. The number of carbonyl (C=O) groups excluding carboxylic acids is 3. The molecule has 1 aromatic carbocycles. The Morgan fingerprint density at radius 3 is 2.34 bits per heavy atom. The number of rotatable bonds is 7. The molecule has 10 nitrogen and oxygen atoms in total. The molecule has 1 saturated heterocycles. The second-order valence-corrected chi connectivity index (χ2v) is 11.1. The number of hydrogen-bond acceptors (Lipinski definition) is 12. The first-order valence-corrected chi connectivity index (χ1v) is 13.2. The summed E-state index contributed by atoms with van der Waals surface area (Å²) < 4.78 is 6.46. The van der Waals surface area contributed by atoms with Crippen molar-refractivity contribution in [2.75, 3.05) is 25.1 Å². The van der Waals surface area contributed by atoms with Crippen molar-refractivity contribution in [3.8, 4) is 5.75 Å². The van der Waals surface area contributed by atoms with Gasteiger partial charge in [-0.3, -0.25) is 19.1 Å². The summed E-state index contributed by atoms with van der Waals surface area (Å²) in [5.74, 6) is -3.04. The topological polar surface area (TPSA) is 135 Å². The van der Waals surface area contributed by atoms with Gasteiger partial charge in [-0.2, -0.15) is 0 Å². The molecule has 2 aromatic rings. The van der Waals surface area contributed by atoms with Crippen molar-refractivity contribution in [3.63, 3.8) is 0 Å². The van der Waals surface area contributed by atoms with E-state index in [1.54, 1.807) is 19.3 Å². The van der Waals surface area contributed by atoms with Crippen LogP contribution in [0, 0.1) is 0 Å². The summed E-state index contributed by atoms with van der Waals surface area (Å²) in [6, 6.07) is 5.72. The first-order chi connectivity index (χ1) is 17.1. The molecule has 0 radical (unpaired) electrons. The number of benzene rings is 1. The fourth-order valence-corrected chi connectivity index (χ4v) is 7.14. The molecule has 1 aromatic heterocycles. The molecule has 0 bridgehead atoms. The number of carboxylic acids is 2. The maximum absolute atomic E-state index is 13.1. The minimum Gasteiger partial charge on any atom is -0.548 e. The first-order valence-electron chi connectivity index (χ1n) is 10.4. The van der Waals surface area contributed by atoms with Crippen LogP contribution in [0.15, 0.2) is 39.0 Å². The van der Waals surface area contributed by atoms with E-state index < -0.39 is 36.5 Å². The average molecular weight is 610 g/mol. The van der Waals surface area contributed by atoms with Gasteiger partial charge in [0.2, 0.25) is 0 Å². The van der Waals surface area contributed by atoms with E-state index in [-0.39, 0.29) is 77.5 Å². The van der Waals surface area contributed by atoms with E-state index >= 15 is 0 Å². The second kappa shape index (κ2) is 14.0. The molecule has 0 saturated carbocycles. The van der Waals surface area contributed by atoms with Crippen molar-refractivity contribution in [2.45, 2.75) is 18.4 Å². The normalized spacial score (nSPS) is 17.4. The summed E-state index contributed by atoms with van der Waals surface area (Å²) in [4.78, 5) is 52.1. The van der Waals surface area contributed by atoms with E-state index in [9.17, 15) is 29.4 Å². The minimum absolute atomic E-state index is 0. The van der Waals surface area contributed by atoms with Crippen LogP contribution < -0.4 is 93.7 Å². The Morgan fingerprint density at radius 1 is 1.05 bits per heavy atom. The molecular weight excluding hydrogens is 593 g/mol. The largest absolute Gasteiger partial charge is 1.00 e. The zero-order valence-electron chi connectivity index (χ0n) is 20.8. The number of nitrogens with zero attached hydrogens (tertiary/aromatic N) is 3. The Hall–Kier alpha value is -1.07. The summed E-state index contributed by atoms with van der Waals surface area (Å²) in [7, 11) is 1.59. The van der Waals surface area contributed by atoms with Crippen molar-refractivity contribution < 1.29 is 88.4 Å². The number of anilines is 1. The molecule has 4 rings (SSSR count). The van der Waals surface area contributed by atoms with Gasteiger partial charge in [-0.15, -0.1) is 11.3 Å². The summed E-state index contributed by atoms with van der Waals surface area (Å²) >= 11 is 8.32. The van der Waals surface area contributed by atoms with Gasteiger partial charge in [0.15, 0.2) is 0 Å². The van der Waals surface area contributed by atoms with Crippen LogP contribution in [0.2, 0.25) is 0 Å². The molecule has 2 aliphatic heterocycles. The van der Waals surface area contributed by atoms with Crippen LogP contribution in [-0.2, 0) is 20.9 Å². The maximum Gasteiger partial charge on any atom is 1.00 e. The number of hydrogen-bond donors (Lipinski definition) is 0. The number of fused-ring (bicyclic) bond motifs is 1. The fraction of sp³-hybridized carbons (Fsp3) is 0.227. The minimum atomic E-state index is -1.51. The molecule has 0 spiro atoms.